The summed E-state index contributed by atoms with van der Waals surface area (Å²) in [7, 11) is 0. The molecule has 3 N–H and O–H groups in total. The van der Waals surface area contributed by atoms with E-state index in [9.17, 15) is 25.2 Å². The number of carboxylic acids is 1. The average Bonchev–Trinajstić information content (AvgIpc) is 2.66. The minimum absolute atomic E-state index is 0.00779. The van der Waals surface area contributed by atoms with Crippen molar-refractivity contribution in [3.63, 3.8) is 0 Å². The molecule has 2 unspecified atom stereocenters. The molecule has 0 rings (SSSR count). The van der Waals surface area contributed by atoms with Gasteiger partial charge in [-0.05, 0) is 57.8 Å². The molecule has 170 valence electrons. The highest BCUT2D eigenvalue weighted by atomic mass is 16.4. The van der Waals surface area contributed by atoms with E-state index in [0.717, 1.165) is 25.7 Å². The van der Waals surface area contributed by atoms with E-state index in [0.29, 0.717) is 56.3 Å². The van der Waals surface area contributed by atoms with Gasteiger partial charge in [0.2, 0.25) is 0 Å². The van der Waals surface area contributed by atoms with Crippen LogP contribution in [0.3, 0.4) is 0 Å². The van der Waals surface area contributed by atoms with E-state index < -0.39 is 18.2 Å². The van der Waals surface area contributed by atoms with Gasteiger partial charge in [0.1, 0.15) is 31.8 Å². The smallest absolute Gasteiger partial charge is 0.105 e. The van der Waals surface area contributed by atoms with Gasteiger partial charge in [0, 0.05) is 5.97 Å². The first-order valence-electron chi connectivity index (χ1n) is 11.2. The monoisotopic (exact) mass is 413 g/mol. The Bertz CT molecular complexity index is 438. The summed E-state index contributed by atoms with van der Waals surface area (Å²) in [4.78, 5) is 10.7. The molecule has 0 aliphatic carbocycles. The molecule has 0 saturated carbocycles. The van der Waals surface area contributed by atoms with Crippen molar-refractivity contribution in [2.75, 3.05) is 32.8 Å². The number of hydrogen-bond acceptors (Lipinski definition) is 5. The van der Waals surface area contributed by atoms with E-state index in [-0.39, 0.29) is 13.0 Å². The number of hydrogen-bond donors (Lipinski definition) is 3. The summed E-state index contributed by atoms with van der Waals surface area (Å²) < 4.78 is 0.404. The molecular formula is C23H43NO5. The summed E-state index contributed by atoms with van der Waals surface area (Å²) in [6.45, 7) is 6.07. The van der Waals surface area contributed by atoms with E-state index in [2.05, 4.69) is 38.2 Å². The van der Waals surface area contributed by atoms with Gasteiger partial charge in [-0.1, -0.05) is 38.2 Å². The quantitative estimate of drug-likeness (QED) is 0.171. The molecule has 0 aromatic carbocycles. The first-order valence-corrected chi connectivity index (χ1v) is 11.2. The molecule has 0 aromatic rings. The fourth-order valence-electron chi connectivity index (χ4n) is 3.70. The predicted octanol–water partition coefficient (Wildman–Crippen LogP) is 1.93. The molecule has 29 heavy (non-hydrogen) atoms. The van der Waals surface area contributed by atoms with Crippen LogP contribution >= 0.6 is 0 Å². The third-order valence-corrected chi connectivity index (χ3v) is 5.17. The summed E-state index contributed by atoms with van der Waals surface area (Å²) in [6, 6.07) is 0. The topological polar surface area (TPSA) is 101 Å². The molecule has 0 heterocycles. The molecular weight excluding hydrogens is 370 g/mol. The number of rotatable bonds is 19. The summed E-state index contributed by atoms with van der Waals surface area (Å²) in [5.74, 6) is -1.06. The molecule has 0 saturated heterocycles. The number of carbonyl (C=O) groups excluding carboxylic acids is 1. The number of aliphatic carboxylic acids is 1. The third-order valence-electron chi connectivity index (χ3n) is 5.17. The molecule has 2 atom stereocenters. The zero-order valence-corrected chi connectivity index (χ0v) is 18.5. The Morgan fingerprint density at radius 1 is 0.897 bits per heavy atom. The number of unbranched alkanes of at least 4 members (excludes halogenated alkanes) is 1. The lowest BCUT2D eigenvalue weighted by Crippen LogP contribution is -2.57. The van der Waals surface area contributed by atoms with Gasteiger partial charge in [-0.25, -0.2) is 0 Å². The SMILES string of the molecule is CC/C=C/CCC(O)C[N+](CCO)(CCCCC(=O)[O-])CC(O)CC/C=C/CC. The lowest BCUT2D eigenvalue weighted by Gasteiger charge is -2.41. The molecule has 6 nitrogen and oxygen atoms in total. The van der Waals surface area contributed by atoms with Crippen molar-refractivity contribution in [3.8, 4) is 0 Å². The van der Waals surface area contributed by atoms with Gasteiger partial charge in [0.05, 0.1) is 13.2 Å². The predicted molar refractivity (Wildman–Crippen MR) is 115 cm³/mol. The average molecular weight is 414 g/mol. The highest BCUT2D eigenvalue weighted by Crippen LogP contribution is 2.17. The molecule has 0 amide bonds. The Morgan fingerprint density at radius 3 is 1.83 bits per heavy atom. The van der Waals surface area contributed by atoms with Gasteiger partial charge < -0.3 is 29.7 Å². The van der Waals surface area contributed by atoms with E-state index in [1.165, 1.54) is 0 Å². The molecule has 0 aliphatic heterocycles. The van der Waals surface area contributed by atoms with E-state index in [4.69, 9.17) is 0 Å². The molecule has 0 aromatic heterocycles. The highest BCUT2D eigenvalue weighted by molar-refractivity contribution is 5.64. The lowest BCUT2D eigenvalue weighted by atomic mass is 10.1. The van der Waals surface area contributed by atoms with Gasteiger partial charge in [-0.2, -0.15) is 0 Å². The van der Waals surface area contributed by atoms with Crippen molar-refractivity contribution >= 4 is 5.97 Å². The number of carboxylic acid groups (broad SMARTS) is 1. The van der Waals surface area contributed by atoms with E-state index >= 15 is 0 Å². The van der Waals surface area contributed by atoms with Crippen LogP contribution in [0.4, 0.5) is 0 Å². The summed E-state index contributed by atoms with van der Waals surface area (Å²) in [5, 5.41) is 41.5. The maximum atomic E-state index is 10.7. The van der Waals surface area contributed by atoms with Gasteiger partial charge in [-0.3, -0.25) is 0 Å². The summed E-state index contributed by atoms with van der Waals surface area (Å²) in [6.07, 6.45) is 13.2. The minimum atomic E-state index is -1.06. The van der Waals surface area contributed by atoms with Crippen molar-refractivity contribution in [2.45, 2.75) is 83.8 Å². The molecule has 0 aliphatic rings. The molecule has 0 bridgehead atoms. The number of quaternary nitrogens is 1. The number of allylic oxidation sites excluding steroid dienone is 4. The second kappa shape index (κ2) is 17.6. The Morgan fingerprint density at radius 2 is 1.41 bits per heavy atom. The standard InChI is InChI=1S/C23H43NO5/c1-3-5-7-9-13-21(26)19-24(17-18-25,16-12-11-15-23(28)29)20-22(27)14-10-8-6-4-2/h5-8,21-22,25-27H,3-4,9-20H2,1-2H3/b7-5+,8-6+. The fourth-order valence-corrected chi connectivity index (χ4v) is 3.70. The third kappa shape index (κ3) is 15.3. The first-order chi connectivity index (χ1) is 13.9. The van der Waals surface area contributed by atoms with Gasteiger partial charge in [-0.15, -0.1) is 0 Å². The Labute approximate surface area is 177 Å². The van der Waals surface area contributed by atoms with Gasteiger partial charge in [0.15, 0.2) is 0 Å². The van der Waals surface area contributed by atoms with Crippen LogP contribution in [0, 0.1) is 0 Å². The van der Waals surface area contributed by atoms with Crippen LogP contribution in [0.25, 0.3) is 0 Å². The minimum Gasteiger partial charge on any atom is -0.550 e. The Hall–Kier alpha value is -1.21. The molecule has 0 fully saturated rings. The van der Waals surface area contributed by atoms with Crippen LogP contribution < -0.4 is 5.11 Å². The van der Waals surface area contributed by atoms with Crippen LogP contribution in [0.5, 0.6) is 0 Å². The summed E-state index contributed by atoms with van der Waals surface area (Å²) in [5.41, 5.74) is 0. The second-order valence-corrected chi connectivity index (χ2v) is 7.93. The Kier molecular flexibility index (Phi) is 16.9. The van der Waals surface area contributed by atoms with E-state index in [1.54, 1.807) is 0 Å². The largest absolute Gasteiger partial charge is 0.550 e. The van der Waals surface area contributed by atoms with Crippen molar-refractivity contribution in [3.05, 3.63) is 24.3 Å². The fraction of sp³-hybridized carbons (Fsp3) is 0.783. The first kappa shape index (κ1) is 27.8. The van der Waals surface area contributed by atoms with Crippen LogP contribution in [0.2, 0.25) is 0 Å². The van der Waals surface area contributed by atoms with Crippen molar-refractivity contribution < 1.29 is 29.7 Å². The maximum Gasteiger partial charge on any atom is 0.105 e. The van der Waals surface area contributed by atoms with Crippen LogP contribution in [-0.2, 0) is 4.79 Å². The maximum absolute atomic E-state index is 10.7. The number of aliphatic hydroxyl groups is 3. The second-order valence-electron chi connectivity index (χ2n) is 7.93. The number of carbonyl (C=O) groups is 1. The Balaban J connectivity index is 5.01. The highest BCUT2D eigenvalue weighted by Gasteiger charge is 2.32. The van der Waals surface area contributed by atoms with Crippen LogP contribution in [0.1, 0.15) is 71.6 Å². The zero-order valence-electron chi connectivity index (χ0n) is 18.5. The van der Waals surface area contributed by atoms with Crippen molar-refractivity contribution in [1.82, 2.24) is 0 Å². The van der Waals surface area contributed by atoms with Crippen molar-refractivity contribution in [2.24, 2.45) is 0 Å². The van der Waals surface area contributed by atoms with Crippen LogP contribution in [0.15, 0.2) is 24.3 Å². The summed E-state index contributed by atoms with van der Waals surface area (Å²) >= 11 is 0. The molecule has 0 radical (unpaired) electrons. The van der Waals surface area contributed by atoms with Gasteiger partial charge in [0.25, 0.3) is 0 Å². The lowest BCUT2D eigenvalue weighted by molar-refractivity contribution is -0.934. The number of aliphatic hydroxyl groups excluding tert-OH is 3. The zero-order chi connectivity index (χ0) is 22.0. The normalized spacial score (nSPS) is 16.3. The molecule has 0 spiro atoms. The number of nitrogens with zero attached hydrogens (tertiary/aromatic N) is 1. The van der Waals surface area contributed by atoms with Crippen molar-refractivity contribution in [1.29, 1.82) is 0 Å². The molecule has 6 heteroatoms. The van der Waals surface area contributed by atoms with Gasteiger partial charge >= 0.3 is 0 Å². The van der Waals surface area contributed by atoms with Crippen LogP contribution in [-0.4, -0.2) is 70.8 Å². The van der Waals surface area contributed by atoms with E-state index in [1.807, 2.05) is 0 Å².